The van der Waals surface area contributed by atoms with Gasteiger partial charge in [0.25, 0.3) is 0 Å². The molecule has 0 radical (unpaired) electrons. The van der Waals surface area contributed by atoms with Gasteiger partial charge >= 0.3 is 0 Å². The molecule has 0 amide bonds. The van der Waals surface area contributed by atoms with E-state index in [0.717, 1.165) is 25.7 Å². The summed E-state index contributed by atoms with van der Waals surface area (Å²) in [7, 11) is 0. The number of hydrogen-bond acceptors (Lipinski definition) is 2. The molecule has 1 aliphatic carbocycles. The van der Waals surface area contributed by atoms with E-state index in [1.165, 1.54) is 77.0 Å². The first-order valence-corrected chi connectivity index (χ1v) is 11.4. The highest BCUT2D eigenvalue weighted by molar-refractivity contribution is 4.78. The molecule has 0 heterocycles. The van der Waals surface area contributed by atoms with E-state index in [1.54, 1.807) is 0 Å². The van der Waals surface area contributed by atoms with Gasteiger partial charge < -0.3 is 9.47 Å². The molecule has 25 heavy (non-hydrogen) atoms. The van der Waals surface area contributed by atoms with Crippen LogP contribution in [0.5, 0.6) is 0 Å². The summed E-state index contributed by atoms with van der Waals surface area (Å²) in [5.41, 5.74) is 0. The topological polar surface area (TPSA) is 18.5 Å². The van der Waals surface area contributed by atoms with Gasteiger partial charge in [-0.2, -0.15) is 0 Å². The molecule has 2 nitrogen and oxygen atoms in total. The second-order valence-electron chi connectivity index (χ2n) is 8.57. The Hall–Kier alpha value is -0.0800. The summed E-state index contributed by atoms with van der Waals surface area (Å²) in [6, 6.07) is 0. The van der Waals surface area contributed by atoms with Crippen molar-refractivity contribution >= 4 is 0 Å². The van der Waals surface area contributed by atoms with Gasteiger partial charge in [-0.1, -0.05) is 85.5 Å². The minimum Gasteiger partial charge on any atom is -0.381 e. The number of rotatable bonds is 15. The molecule has 0 aromatic carbocycles. The Morgan fingerprint density at radius 1 is 0.840 bits per heavy atom. The summed E-state index contributed by atoms with van der Waals surface area (Å²) in [6.45, 7) is 11.9. The lowest BCUT2D eigenvalue weighted by Crippen LogP contribution is -2.35. The van der Waals surface area contributed by atoms with Gasteiger partial charge in [0.2, 0.25) is 0 Å². The third kappa shape index (κ3) is 10.6. The average Bonchev–Trinajstić information content (AvgIpc) is 2.61. The predicted octanol–water partition coefficient (Wildman–Crippen LogP) is 7.01. The zero-order chi connectivity index (χ0) is 18.3. The lowest BCUT2D eigenvalue weighted by Gasteiger charge is -2.34. The minimum absolute atomic E-state index is 0.366. The molecule has 150 valence electrons. The molecule has 0 N–H and O–H groups in total. The van der Waals surface area contributed by atoms with E-state index in [9.17, 15) is 0 Å². The Kier molecular flexibility index (Phi) is 13.8. The maximum atomic E-state index is 6.41. The summed E-state index contributed by atoms with van der Waals surface area (Å²) >= 11 is 0. The first kappa shape index (κ1) is 23.0. The zero-order valence-electron chi connectivity index (χ0n) is 17.7. The molecule has 0 aromatic rings. The van der Waals surface area contributed by atoms with Crippen LogP contribution in [0.2, 0.25) is 0 Å². The van der Waals surface area contributed by atoms with Crippen LogP contribution < -0.4 is 0 Å². The Morgan fingerprint density at radius 3 is 2.08 bits per heavy atom. The molecule has 1 rings (SSSR count). The second kappa shape index (κ2) is 15.0. The number of unbranched alkanes of at least 4 members (excludes halogenated alkanes) is 4. The van der Waals surface area contributed by atoms with Gasteiger partial charge in [0.1, 0.15) is 0 Å². The summed E-state index contributed by atoms with van der Waals surface area (Å²) < 4.78 is 12.5. The first-order valence-electron chi connectivity index (χ1n) is 11.4. The highest BCUT2D eigenvalue weighted by Gasteiger charge is 2.29. The van der Waals surface area contributed by atoms with Crippen LogP contribution in [0.1, 0.15) is 105 Å². The molecule has 0 bridgehead atoms. The van der Waals surface area contributed by atoms with Gasteiger partial charge in [-0.3, -0.25) is 0 Å². The Labute approximate surface area is 158 Å². The summed E-state index contributed by atoms with van der Waals surface area (Å²) in [6.07, 6.45) is 16.3. The molecule has 2 unspecified atom stereocenters. The number of hydrogen-bond donors (Lipinski definition) is 0. The van der Waals surface area contributed by atoms with Gasteiger partial charge in [0.15, 0.2) is 0 Å². The lowest BCUT2D eigenvalue weighted by atomic mass is 9.79. The standard InChI is InChI=1S/C23H46O2/c1-5-7-12-16-24-19-22(18-21-14-10-9-11-15-21)23(20(3)4)25-17-13-8-6-2/h20-23H,5-19H2,1-4H3. The van der Waals surface area contributed by atoms with E-state index in [1.807, 2.05) is 0 Å². The quantitative estimate of drug-likeness (QED) is 0.294. The van der Waals surface area contributed by atoms with E-state index in [0.29, 0.717) is 17.9 Å². The summed E-state index contributed by atoms with van der Waals surface area (Å²) in [5.74, 6) is 2.05. The molecule has 2 atom stereocenters. The van der Waals surface area contributed by atoms with Crippen molar-refractivity contribution in [3.8, 4) is 0 Å². The van der Waals surface area contributed by atoms with Crippen LogP contribution in [-0.2, 0) is 9.47 Å². The van der Waals surface area contributed by atoms with Crippen molar-refractivity contribution in [3.05, 3.63) is 0 Å². The van der Waals surface area contributed by atoms with E-state index >= 15 is 0 Å². The van der Waals surface area contributed by atoms with Gasteiger partial charge in [0.05, 0.1) is 12.7 Å². The first-order chi connectivity index (χ1) is 12.2. The van der Waals surface area contributed by atoms with Gasteiger partial charge in [-0.05, 0) is 31.1 Å². The molecule has 0 aromatic heterocycles. The van der Waals surface area contributed by atoms with Gasteiger partial charge in [-0.15, -0.1) is 0 Å². The monoisotopic (exact) mass is 354 g/mol. The maximum absolute atomic E-state index is 6.41. The Balaban J connectivity index is 2.53. The van der Waals surface area contributed by atoms with Crippen molar-refractivity contribution in [2.75, 3.05) is 19.8 Å². The molecular formula is C23H46O2. The van der Waals surface area contributed by atoms with Crippen LogP contribution >= 0.6 is 0 Å². The smallest absolute Gasteiger partial charge is 0.0648 e. The average molecular weight is 355 g/mol. The highest BCUT2D eigenvalue weighted by atomic mass is 16.5. The van der Waals surface area contributed by atoms with Crippen molar-refractivity contribution in [1.29, 1.82) is 0 Å². The van der Waals surface area contributed by atoms with E-state index < -0.39 is 0 Å². The van der Waals surface area contributed by atoms with Crippen LogP contribution in [0.25, 0.3) is 0 Å². The largest absolute Gasteiger partial charge is 0.381 e. The van der Waals surface area contributed by atoms with E-state index in [2.05, 4.69) is 27.7 Å². The van der Waals surface area contributed by atoms with Crippen LogP contribution in [0, 0.1) is 17.8 Å². The fourth-order valence-electron chi connectivity index (χ4n) is 4.28. The van der Waals surface area contributed by atoms with Crippen molar-refractivity contribution in [2.45, 2.75) is 111 Å². The van der Waals surface area contributed by atoms with Crippen LogP contribution in [0.15, 0.2) is 0 Å². The number of ether oxygens (including phenoxy) is 2. The summed E-state index contributed by atoms with van der Waals surface area (Å²) in [4.78, 5) is 0. The van der Waals surface area contributed by atoms with Crippen molar-refractivity contribution in [3.63, 3.8) is 0 Å². The molecule has 1 aliphatic rings. The molecule has 1 fully saturated rings. The van der Waals surface area contributed by atoms with Crippen molar-refractivity contribution < 1.29 is 9.47 Å². The normalized spacial score (nSPS) is 18.6. The summed E-state index contributed by atoms with van der Waals surface area (Å²) in [5, 5.41) is 0. The highest BCUT2D eigenvalue weighted by Crippen LogP contribution is 2.32. The van der Waals surface area contributed by atoms with Crippen LogP contribution in [0.4, 0.5) is 0 Å². The molecule has 1 saturated carbocycles. The van der Waals surface area contributed by atoms with E-state index in [-0.39, 0.29) is 0 Å². The van der Waals surface area contributed by atoms with Gasteiger partial charge in [0, 0.05) is 19.1 Å². The third-order valence-electron chi connectivity index (χ3n) is 5.76. The SMILES string of the molecule is CCCCCOCC(CC1CCCCC1)C(OCCCCC)C(C)C. The minimum atomic E-state index is 0.366. The molecule has 0 aliphatic heterocycles. The lowest BCUT2D eigenvalue weighted by molar-refractivity contribution is -0.0560. The van der Waals surface area contributed by atoms with Crippen molar-refractivity contribution in [2.24, 2.45) is 17.8 Å². The van der Waals surface area contributed by atoms with Gasteiger partial charge in [-0.25, -0.2) is 0 Å². The van der Waals surface area contributed by atoms with Crippen LogP contribution in [-0.4, -0.2) is 25.9 Å². The molecule has 0 spiro atoms. The third-order valence-corrected chi connectivity index (χ3v) is 5.76. The predicted molar refractivity (Wildman–Crippen MR) is 109 cm³/mol. The fourth-order valence-corrected chi connectivity index (χ4v) is 4.28. The second-order valence-corrected chi connectivity index (χ2v) is 8.57. The molecular weight excluding hydrogens is 308 g/mol. The fraction of sp³-hybridized carbons (Fsp3) is 1.00. The van der Waals surface area contributed by atoms with Crippen molar-refractivity contribution in [1.82, 2.24) is 0 Å². The molecule has 0 saturated heterocycles. The Bertz CT molecular complexity index is 284. The Morgan fingerprint density at radius 2 is 1.48 bits per heavy atom. The molecule has 2 heteroatoms. The zero-order valence-corrected chi connectivity index (χ0v) is 17.7. The van der Waals surface area contributed by atoms with Crippen LogP contribution in [0.3, 0.4) is 0 Å². The van der Waals surface area contributed by atoms with E-state index in [4.69, 9.17) is 9.47 Å². The maximum Gasteiger partial charge on any atom is 0.0648 e.